The number of carboxylic acids is 4. The van der Waals surface area contributed by atoms with Crippen LogP contribution >= 0.6 is 21.6 Å². The molecule has 0 radical (unpaired) electrons. The Balaban J connectivity index is 1.21. The molecule has 0 bridgehead atoms. The van der Waals surface area contributed by atoms with E-state index in [0.29, 0.717) is 11.4 Å². The Bertz CT molecular complexity index is 2830. The normalized spacial score (nSPS) is 18.6. The first-order chi connectivity index (χ1) is 36.6. The number of fused-ring (bicyclic) bond motifs is 1. The average Bonchev–Trinajstić information content (AvgIpc) is 3.84. The number of nitrogens with zero attached hydrogens (tertiary/aromatic N) is 6. The van der Waals surface area contributed by atoms with Gasteiger partial charge in [-0.3, -0.25) is 38.5 Å². The number of aliphatic carboxylic acids is 4. The SMILES string of the molecule is Nc1nc2ncc(CNc3ccc(C(=O)N[C@@H](CCC(=O)N[C@@H](CC(=O)O)C(=O)NC(Cc4cn(CCO[C@@H]5OC(C(=O)O)C(O)C(O)[C@@H]5O)nn4)C(=O)N[C@@H](CSSCCOC=O)C(=O)O)C(=O)O)cc3)nc2c(=O)[nH]1. The smallest absolute Gasteiger partial charge is 0.335 e. The molecule has 1 aliphatic rings. The second-order valence-electron chi connectivity index (χ2n) is 16.4. The maximum atomic E-state index is 13.8. The summed E-state index contributed by atoms with van der Waals surface area (Å²) in [7, 11) is 2.11. The zero-order valence-electron chi connectivity index (χ0n) is 39.8. The molecule has 0 spiro atoms. The molecule has 1 aliphatic heterocycles. The Morgan fingerprint density at radius 3 is 2.22 bits per heavy atom. The number of carbonyl (C=O) groups excluding carboxylic acids is 5. The van der Waals surface area contributed by atoms with Crippen molar-refractivity contribution < 1.29 is 93.1 Å². The highest BCUT2D eigenvalue weighted by atomic mass is 33.1. The molecule has 4 aromatic rings. The number of nitrogen functional groups attached to an aromatic ring is 1. The summed E-state index contributed by atoms with van der Waals surface area (Å²) in [6.45, 7) is -0.228. The lowest BCUT2D eigenvalue weighted by molar-refractivity contribution is -0.294. The number of H-pyrrole nitrogens is 1. The van der Waals surface area contributed by atoms with E-state index in [1.54, 1.807) is 0 Å². The lowest BCUT2D eigenvalue weighted by atomic mass is 9.99. The number of rotatable bonds is 31. The first kappa shape index (κ1) is 59.8. The van der Waals surface area contributed by atoms with Crippen LogP contribution < -0.4 is 37.9 Å². The summed E-state index contributed by atoms with van der Waals surface area (Å²) in [6, 6.07) is -1.20. The van der Waals surface area contributed by atoms with Crippen LogP contribution in [0, 0.1) is 0 Å². The molecular weight excluding hydrogens is 1070 g/mol. The Morgan fingerprint density at radius 2 is 1.55 bits per heavy atom. The number of nitrogens with two attached hydrogens (primary N) is 1. The van der Waals surface area contributed by atoms with Crippen LogP contribution in [0.3, 0.4) is 0 Å². The Labute approximate surface area is 439 Å². The Kier molecular flexibility index (Phi) is 22.3. The summed E-state index contributed by atoms with van der Waals surface area (Å²) >= 11 is 0. The molecule has 15 N–H and O–H groups in total. The van der Waals surface area contributed by atoms with Gasteiger partial charge >= 0.3 is 23.9 Å². The number of amides is 4. The minimum Gasteiger partial charge on any atom is -0.481 e. The van der Waals surface area contributed by atoms with Gasteiger partial charge in [-0.25, -0.2) is 29.0 Å². The molecule has 416 valence electrons. The summed E-state index contributed by atoms with van der Waals surface area (Å²) in [4.78, 5) is 139. The maximum Gasteiger partial charge on any atom is 0.335 e. The topological polar surface area (TPSA) is 511 Å². The third-order valence-corrected chi connectivity index (χ3v) is 13.1. The van der Waals surface area contributed by atoms with E-state index in [4.69, 9.17) is 15.2 Å². The summed E-state index contributed by atoms with van der Waals surface area (Å²) < 4.78 is 16.1. The molecule has 77 heavy (non-hydrogen) atoms. The summed E-state index contributed by atoms with van der Waals surface area (Å²) in [5.74, 6) is -10.7. The maximum absolute atomic E-state index is 13.8. The van der Waals surface area contributed by atoms with Gasteiger partial charge in [-0.1, -0.05) is 26.8 Å². The van der Waals surface area contributed by atoms with Gasteiger partial charge in [0.1, 0.15) is 49.1 Å². The van der Waals surface area contributed by atoms with E-state index in [9.17, 15) is 83.7 Å². The van der Waals surface area contributed by atoms with E-state index < -0.39 is 134 Å². The van der Waals surface area contributed by atoms with Crippen molar-refractivity contribution in [2.24, 2.45) is 0 Å². The van der Waals surface area contributed by atoms with E-state index in [1.807, 2.05) is 0 Å². The molecule has 1 saturated heterocycles. The van der Waals surface area contributed by atoms with Crippen LogP contribution in [0.15, 0.2) is 41.5 Å². The first-order valence-electron chi connectivity index (χ1n) is 22.6. The number of carboxylic acid groups (broad SMARTS) is 4. The second-order valence-corrected chi connectivity index (χ2v) is 19.0. The summed E-state index contributed by atoms with van der Waals surface area (Å²) in [6.07, 6.45) is -9.65. The van der Waals surface area contributed by atoms with Crippen LogP contribution in [0.5, 0.6) is 0 Å². The first-order valence-corrected chi connectivity index (χ1v) is 25.1. The third kappa shape index (κ3) is 18.0. The Morgan fingerprint density at radius 1 is 0.844 bits per heavy atom. The quantitative estimate of drug-likeness (QED) is 0.0128. The monoisotopic (exact) mass is 1120 g/mol. The summed E-state index contributed by atoms with van der Waals surface area (Å²) in [5.41, 5.74) is 5.79. The van der Waals surface area contributed by atoms with Gasteiger partial charge in [-0.2, -0.15) is 4.98 Å². The molecule has 0 saturated carbocycles. The molecule has 1 aromatic carbocycles. The van der Waals surface area contributed by atoms with Crippen LogP contribution in [-0.2, 0) is 72.1 Å². The van der Waals surface area contributed by atoms with Crippen molar-refractivity contribution in [3.05, 3.63) is 64.0 Å². The largest absolute Gasteiger partial charge is 0.481 e. The number of hydrogen-bond donors (Lipinski definition) is 14. The molecule has 9 atom stereocenters. The number of carbonyl (C=O) groups is 9. The van der Waals surface area contributed by atoms with Gasteiger partial charge in [-0.05, 0) is 30.7 Å². The van der Waals surface area contributed by atoms with Crippen molar-refractivity contribution >= 4 is 98.4 Å². The van der Waals surface area contributed by atoms with Crippen molar-refractivity contribution in [2.45, 2.75) is 93.6 Å². The van der Waals surface area contributed by atoms with Gasteiger partial charge in [0.25, 0.3) is 17.9 Å². The van der Waals surface area contributed by atoms with E-state index in [1.165, 1.54) is 36.7 Å². The van der Waals surface area contributed by atoms with Gasteiger partial charge < -0.3 is 82.3 Å². The van der Waals surface area contributed by atoms with Gasteiger partial charge in [0.15, 0.2) is 23.6 Å². The van der Waals surface area contributed by atoms with Crippen LogP contribution in [0.25, 0.3) is 11.2 Å². The van der Waals surface area contributed by atoms with Crippen molar-refractivity contribution in [1.82, 2.24) is 56.2 Å². The minimum atomic E-state index is -1.97. The van der Waals surface area contributed by atoms with E-state index in [-0.39, 0.29) is 72.7 Å². The standard InChI is InChI=1S/C42H51N13O20S2/c43-42-51-33-28(37(66)52-42)46-21(14-45-33)13-44-19-3-1-18(2-4-19)34(63)48-22(38(67)68)5-6-26(57)47-24(12-27(58)59)36(65)49-23(35(64)50-25(39(69)70)16-77-76-10-9-73-17-56)11-20-15-55(54-53-20)7-8-74-41-31(62)29(60)30(61)32(75-41)40(71)72/h1-4,14-15,17,22-25,29-32,41,44,60-62H,5-13,16H2,(H,47,57)(H,48,63)(H,49,65)(H,50,64)(H,58,59)(H,67,68)(H,69,70)(H,71,72)(H3,43,45,51,52,66)/t22-,23?,24-,25-,29?,30?,31-,32?,41+/m0/s1. The van der Waals surface area contributed by atoms with Gasteiger partial charge in [0.05, 0.1) is 43.7 Å². The number of benzene rings is 1. The molecule has 4 unspecified atom stereocenters. The number of anilines is 2. The fraction of sp³-hybridized carbons (Fsp3) is 0.452. The third-order valence-electron chi connectivity index (χ3n) is 10.7. The number of aliphatic hydroxyl groups excluding tert-OH is 3. The zero-order valence-corrected chi connectivity index (χ0v) is 41.5. The highest BCUT2D eigenvalue weighted by Crippen LogP contribution is 2.23. The molecule has 4 amide bonds. The van der Waals surface area contributed by atoms with Crippen LogP contribution in [0.4, 0.5) is 11.6 Å². The van der Waals surface area contributed by atoms with Crippen molar-refractivity contribution in [3.63, 3.8) is 0 Å². The number of nitrogens with one attached hydrogen (secondary N) is 6. The van der Waals surface area contributed by atoms with E-state index >= 15 is 0 Å². The molecule has 1 fully saturated rings. The minimum absolute atomic E-state index is 0.00960. The number of hydrogen-bond acceptors (Lipinski definition) is 25. The molecular formula is C42H51N13O20S2. The van der Waals surface area contributed by atoms with Crippen LogP contribution in [-0.4, -0.2) is 204 Å². The average molecular weight is 1120 g/mol. The lowest BCUT2D eigenvalue weighted by Gasteiger charge is -2.38. The number of aromatic nitrogens is 7. The predicted molar refractivity (Wildman–Crippen MR) is 261 cm³/mol. The van der Waals surface area contributed by atoms with Crippen molar-refractivity contribution in [1.29, 1.82) is 0 Å². The fourth-order valence-electron chi connectivity index (χ4n) is 6.85. The Hall–Kier alpha value is -8.09. The molecule has 0 aliphatic carbocycles. The number of ether oxygens (including phenoxy) is 3. The molecule has 3 aromatic heterocycles. The van der Waals surface area contributed by atoms with Crippen LogP contribution in [0.1, 0.15) is 41.0 Å². The van der Waals surface area contributed by atoms with Gasteiger partial charge in [0, 0.05) is 41.8 Å². The highest BCUT2D eigenvalue weighted by molar-refractivity contribution is 8.76. The fourth-order valence-corrected chi connectivity index (χ4v) is 8.84. The second kappa shape index (κ2) is 28.7. The lowest BCUT2D eigenvalue weighted by Crippen LogP contribution is -2.60. The number of aromatic amines is 1. The van der Waals surface area contributed by atoms with Gasteiger partial charge in [-0.15, -0.1) is 5.10 Å². The highest BCUT2D eigenvalue weighted by Gasteiger charge is 2.47. The van der Waals surface area contributed by atoms with Crippen LogP contribution in [0.2, 0.25) is 0 Å². The molecule has 35 heteroatoms. The summed E-state index contributed by atoms with van der Waals surface area (Å²) in [5, 5.41) is 88.8. The van der Waals surface area contributed by atoms with Crippen molar-refractivity contribution in [2.75, 3.05) is 35.8 Å². The predicted octanol–water partition coefficient (Wildman–Crippen LogP) is -4.82. The van der Waals surface area contributed by atoms with E-state index in [0.717, 1.165) is 26.3 Å². The molecule has 33 nitrogen and oxygen atoms in total. The molecule has 4 heterocycles. The number of aliphatic hydroxyl groups is 3. The van der Waals surface area contributed by atoms with E-state index in [2.05, 4.69) is 61.6 Å². The van der Waals surface area contributed by atoms with Crippen molar-refractivity contribution in [3.8, 4) is 0 Å². The van der Waals surface area contributed by atoms with Gasteiger partial charge in [0.2, 0.25) is 23.7 Å². The molecule has 5 rings (SSSR count). The zero-order chi connectivity index (χ0) is 56.3.